The van der Waals surface area contributed by atoms with Crippen LogP contribution in [0.1, 0.15) is 24.0 Å². The summed E-state index contributed by atoms with van der Waals surface area (Å²) >= 11 is 0. The van der Waals surface area contributed by atoms with Crippen LogP contribution < -0.4 is 4.90 Å². The van der Waals surface area contributed by atoms with Gasteiger partial charge < -0.3 is 4.90 Å². The summed E-state index contributed by atoms with van der Waals surface area (Å²) in [6, 6.07) is 65.1. The molecule has 0 fully saturated rings. The number of hydrogen-bond acceptors (Lipinski definition) is 1. The molecule has 0 amide bonds. The lowest BCUT2D eigenvalue weighted by Gasteiger charge is -2.24. The molecular weight excluding hydrogens is 663 g/mol. The molecule has 0 spiro atoms. The zero-order valence-corrected chi connectivity index (χ0v) is 30.9. The molecule has 0 bridgehead atoms. The predicted octanol–water partition coefficient (Wildman–Crippen LogP) is 15.0. The fraction of sp³-hybridized carbons (Fsp3) is 0.0370. The molecule has 0 heterocycles. The number of nitrogens with zero attached hydrogens (tertiary/aromatic N) is 1. The third kappa shape index (κ3) is 8.18. The van der Waals surface area contributed by atoms with Crippen molar-refractivity contribution >= 4 is 22.5 Å². The number of benzene rings is 7. The predicted molar refractivity (Wildman–Crippen MR) is 237 cm³/mol. The molecular formula is C54H43N. The number of anilines is 2. The molecule has 8 rings (SSSR count). The van der Waals surface area contributed by atoms with Crippen LogP contribution in [-0.4, -0.2) is 0 Å². The van der Waals surface area contributed by atoms with Gasteiger partial charge in [-0.2, -0.15) is 0 Å². The zero-order valence-electron chi connectivity index (χ0n) is 30.9. The highest BCUT2D eigenvalue weighted by molar-refractivity contribution is 5.87. The zero-order chi connectivity index (χ0) is 37.2. The second-order valence-electron chi connectivity index (χ2n) is 13.7. The van der Waals surface area contributed by atoms with Crippen molar-refractivity contribution in [1.29, 1.82) is 0 Å². The van der Waals surface area contributed by atoms with Gasteiger partial charge in [-0.3, -0.25) is 0 Å². The van der Waals surface area contributed by atoms with Gasteiger partial charge in [0.05, 0.1) is 0 Å². The Kier molecular flexibility index (Phi) is 10.7. The summed E-state index contributed by atoms with van der Waals surface area (Å²) in [6.45, 7) is 4.10. The van der Waals surface area contributed by atoms with Crippen molar-refractivity contribution in [2.45, 2.75) is 12.8 Å². The highest BCUT2D eigenvalue weighted by atomic mass is 15.1. The van der Waals surface area contributed by atoms with Crippen LogP contribution in [0.4, 0.5) is 11.4 Å². The Bertz CT molecular complexity index is 2480. The summed E-state index contributed by atoms with van der Waals surface area (Å²) in [5.74, 6) is 0. The Morgan fingerprint density at radius 1 is 0.491 bits per heavy atom. The van der Waals surface area contributed by atoms with Gasteiger partial charge in [-0.05, 0) is 110 Å². The first-order valence-electron chi connectivity index (χ1n) is 19.0. The van der Waals surface area contributed by atoms with Crippen molar-refractivity contribution in [3.63, 3.8) is 0 Å². The van der Waals surface area contributed by atoms with Gasteiger partial charge in [0.2, 0.25) is 0 Å². The molecule has 0 atom stereocenters. The van der Waals surface area contributed by atoms with Crippen LogP contribution in [0.25, 0.3) is 55.7 Å². The van der Waals surface area contributed by atoms with E-state index in [1.165, 1.54) is 55.6 Å². The van der Waals surface area contributed by atoms with E-state index in [0.29, 0.717) is 0 Å². The third-order valence-corrected chi connectivity index (χ3v) is 10.3. The van der Waals surface area contributed by atoms with E-state index < -0.39 is 0 Å². The van der Waals surface area contributed by atoms with Gasteiger partial charge in [0.25, 0.3) is 0 Å². The molecule has 0 unspecified atom stereocenters. The van der Waals surface area contributed by atoms with E-state index in [0.717, 1.165) is 35.4 Å². The molecule has 0 aliphatic heterocycles. The van der Waals surface area contributed by atoms with E-state index in [1.54, 1.807) is 0 Å². The van der Waals surface area contributed by atoms with Gasteiger partial charge in [-0.1, -0.05) is 195 Å². The molecule has 1 heteroatoms. The smallest absolute Gasteiger partial charge is 0.0461 e. The lowest BCUT2D eigenvalue weighted by Crippen LogP contribution is -2.09. The fourth-order valence-corrected chi connectivity index (χ4v) is 7.27. The van der Waals surface area contributed by atoms with Crippen molar-refractivity contribution in [2.75, 3.05) is 4.90 Å². The number of allylic oxidation sites excluding steroid dienone is 8. The highest BCUT2D eigenvalue weighted by Gasteiger charge is 2.16. The quantitative estimate of drug-likeness (QED) is 0.121. The Morgan fingerprint density at radius 2 is 0.982 bits per heavy atom. The molecule has 7 aromatic rings. The molecule has 7 aromatic carbocycles. The van der Waals surface area contributed by atoms with E-state index in [-0.39, 0.29) is 0 Å². The highest BCUT2D eigenvalue weighted by Crippen LogP contribution is 2.39. The average molecular weight is 706 g/mol. The molecule has 0 saturated carbocycles. The second kappa shape index (κ2) is 16.8. The van der Waals surface area contributed by atoms with Crippen molar-refractivity contribution in [3.8, 4) is 44.5 Å². The third-order valence-electron chi connectivity index (χ3n) is 10.3. The SMILES string of the molecule is C=C/C(=C\C=C\N(c1ccc(-c2ccccc2)cc1)c1ccc(-c2ccc(-c3ccc(-c4ccccc4)cc3)cc2)c(C2=CC=CCC2)c1)c1ccccc1. The lowest BCUT2D eigenvalue weighted by molar-refractivity contribution is 1.05. The minimum absolute atomic E-state index is 1.00. The normalized spacial score (nSPS) is 12.7. The van der Waals surface area contributed by atoms with Crippen molar-refractivity contribution < 1.29 is 0 Å². The molecule has 1 nitrogen and oxygen atoms in total. The Morgan fingerprint density at radius 3 is 1.51 bits per heavy atom. The van der Waals surface area contributed by atoms with Crippen LogP contribution in [0.2, 0.25) is 0 Å². The first kappa shape index (κ1) is 35.1. The summed E-state index contributed by atoms with van der Waals surface area (Å²) < 4.78 is 0. The van der Waals surface area contributed by atoms with Crippen molar-refractivity contribution in [3.05, 3.63) is 242 Å². The monoisotopic (exact) mass is 705 g/mol. The Balaban J connectivity index is 1.16. The number of hydrogen-bond donors (Lipinski definition) is 0. The maximum Gasteiger partial charge on any atom is 0.0461 e. The van der Waals surface area contributed by atoms with E-state index in [1.807, 2.05) is 12.1 Å². The van der Waals surface area contributed by atoms with Gasteiger partial charge in [0.1, 0.15) is 0 Å². The maximum atomic E-state index is 4.10. The van der Waals surface area contributed by atoms with Gasteiger partial charge >= 0.3 is 0 Å². The molecule has 1 aliphatic carbocycles. The molecule has 1 aliphatic rings. The minimum atomic E-state index is 1.00. The van der Waals surface area contributed by atoms with Crippen LogP contribution in [-0.2, 0) is 0 Å². The van der Waals surface area contributed by atoms with Crippen molar-refractivity contribution in [1.82, 2.24) is 0 Å². The molecule has 0 saturated heterocycles. The van der Waals surface area contributed by atoms with Crippen LogP contribution >= 0.6 is 0 Å². The summed E-state index contributed by atoms with van der Waals surface area (Å²) in [5.41, 5.74) is 16.7. The summed E-state index contributed by atoms with van der Waals surface area (Å²) in [7, 11) is 0. The standard InChI is InChI=1S/C54H43N/c1-2-41(42-16-7-3-8-17-42)24-15-39-55(51-35-33-48(34-36-51)44-20-11-5-12-21-44)52-37-38-53(54(40-52)49-22-13-6-14-23-49)50-31-29-47(30-32-50)46-27-25-45(26-28-46)43-18-9-4-10-19-43/h2-13,15-22,24-40H,1,14,23H2/b39-15+,41-24+. The largest absolute Gasteiger partial charge is 0.317 e. The van der Waals surface area contributed by atoms with Gasteiger partial charge in [-0.25, -0.2) is 0 Å². The molecule has 0 N–H and O–H groups in total. The van der Waals surface area contributed by atoms with Crippen LogP contribution in [0.3, 0.4) is 0 Å². The van der Waals surface area contributed by atoms with Gasteiger partial charge in [0.15, 0.2) is 0 Å². The first-order valence-corrected chi connectivity index (χ1v) is 19.0. The van der Waals surface area contributed by atoms with Gasteiger partial charge in [-0.15, -0.1) is 0 Å². The van der Waals surface area contributed by atoms with Crippen LogP contribution in [0.5, 0.6) is 0 Å². The Hall–Kier alpha value is -6.96. The maximum absolute atomic E-state index is 4.10. The molecule has 0 radical (unpaired) electrons. The van der Waals surface area contributed by atoms with Crippen LogP contribution in [0.15, 0.2) is 231 Å². The van der Waals surface area contributed by atoms with E-state index in [2.05, 4.69) is 224 Å². The van der Waals surface area contributed by atoms with Gasteiger partial charge in [0, 0.05) is 17.6 Å². The van der Waals surface area contributed by atoms with E-state index in [4.69, 9.17) is 0 Å². The summed E-state index contributed by atoms with van der Waals surface area (Å²) in [4.78, 5) is 2.28. The summed E-state index contributed by atoms with van der Waals surface area (Å²) in [6.07, 6.45) is 17.1. The summed E-state index contributed by atoms with van der Waals surface area (Å²) in [5, 5.41) is 0. The Labute approximate surface area is 325 Å². The average Bonchev–Trinajstić information content (AvgIpc) is 3.28. The van der Waals surface area contributed by atoms with Crippen molar-refractivity contribution in [2.24, 2.45) is 0 Å². The van der Waals surface area contributed by atoms with Crippen LogP contribution in [0, 0.1) is 0 Å². The molecule has 264 valence electrons. The minimum Gasteiger partial charge on any atom is -0.317 e. The van der Waals surface area contributed by atoms with E-state index >= 15 is 0 Å². The topological polar surface area (TPSA) is 3.24 Å². The second-order valence-corrected chi connectivity index (χ2v) is 13.7. The first-order chi connectivity index (χ1) is 27.2. The van der Waals surface area contributed by atoms with E-state index in [9.17, 15) is 0 Å². The fourth-order valence-electron chi connectivity index (χ4n) is 7.27. The number of rotatable bonds is 11. The lowest BCUT2D eigenvalue weighted by atomic mass is 9.89. The molecule has 0 aromatic heterocycles. The molecule has 55 heavy (non-hydrogen) atoms.